The molecule has 0 radical (unpaired) electrons. The van der Waals surface area contributed by atoms with Crippen molar-refractivity contribution in [1.82, 2.24) is 0 Å². The minimum Gasteiger partial charge on any atom is -0.374 e. The van der Waals surface area contributed by atoms with Gasteiger partial charge in [-0.25, -0.2) is 0 Å². The lowest BCUT2D eigenvalue weighted by atomic mass is 10.1. The number of nitrogens with zero attached hydrogens (tertiary/aromatic N) is 2. The van der Waals surface area contributed by atoms with Crippen molar-refractivity contribution in [3.8, 4) is 0 Å². The van der Waals surface area contributed by atoms with Crippen LogP contribution in [0.1, 0.15) is 43.5 Å². The third-order valence-electron chi connectivity index (χ3n) is 3.08. The Balaban J connectivity index is 2.99. The molecule has 0 saturated heterocycles. The summed E-state index contributed by atoms with van der Waals surface area (Å²) in [5, 5.41) is 10.7. The van der Waals surface area contributed by atoms with E-state index in [0.29, 0.717) is 5.56 Å². The topological polar surface area (TPSA) is 63.4 Å². The van der Waals surface area contributed by atoms with Gasteiger partial charge in [0.25, 0.3) is 5.69 Å². The molecule has 19 heavy (non-hydrogen) atoms. The maximum Gasteiger partial charge on any atom is 0.270 e. The molecular weight excluding hydrogens is 244 g/mol. The van der Waals surface area contributed by atoms with E-state index in [1.807, 2.05) is 11.9 Å². The molecule has 0 atom stereocenters. The first-order valence-electron chi connectivity index (χ1n) is 6.48. The van der Waals surface area contributed by atoms with Gasteiger partial charge in [0.2, 0.25) is 0 Å². The van der Waals surface area contributed by atoms with E-state index >= 15 is 0 Å². The predicted molar refractivity (Wildman–Crippen MR) is 75.9 cm³/mol. The first-order chi connectivity index (χ1) is 8.97. The van der Waals surface area contributed by atoms with Crippen LogP contribution in [-0.2, 0) is 0 Å². The Hall–Kier alpha value is -1.91. The minimum absolute atomic E-state index is 0.0455. The van der Waals surface area contributed by atoms with Crippen LogP contribution in [0.15, 0.2) is 18.2 Å². The first kappa shape index (κ1) is 15.1. The fraction of sp³-hybridized carbons (Fsp3) is 0.500. The van der Waals surface area contributed by atoms with Crippen LogP contribution in [0.2, 0.25) is 0 Å². The Morgan fingerprint density at radius 1 is 1.37 bits per heavy atom. The summed E-state index contributed by atoms with van der Waals surface area (Å²) in [7, 11) is 1.91. The zero-order valence-corrected chi connectivity index (χ0v) is 11.7. The number of nitro groups is 1. The Labute approximate surface area is 113 Å². The number of benzene rings is 1. The molecule has 0 aliphatic heterocycles. The molecule has 0 saturated carbocycles. The van der Waals surface area contributed by atoms with Crippen LogP contribution < -0.4 is 4.90 Å². The van der Waals surface area contributed by atoms with Gasteiger partial charge in [-0.1, -0.05) is 19.8 Å². The summed E-state index contributed by atoms with van der Waals surface area (Å²) in [6.07, 6.45) is 3.31. The van der Waals surface area contributed by atoms with Crippen LogP contribution in [0.4, 0.5) is 11.4 Å². The van der Waals surface area contributed by atoms with Crippen molar-refractivity contribution in [2.45, 2.75) is 33.1 Å². The van der Waals surface area contributed by atoms with E-state index in [1.165, 1.54) is 19.1 Å². The number of unbranched alkanes of at least 4 members (excludes halogenated alkanes) is 2. The lowest BCUT2D eigenvalue weighted by molar-refractivity contribution is -0.384. The lowest BCUT2D eigenvalue weighted by Gasteiger charge is -2.21. The van der Waals surface area contributed by atoms with Crippen LogP contribution in [0, 0.1) is 10.1 Å². The number of carbonyl (C=O) groups is 1. The minimum atomic E-state index is -0.479. The van der Waals surface area contributed by atoms with Crippen LogP contribution in [0.5, 0.6) is 0 Å². The van der Waals surface area contributed by atoms with Crippen LogP contribution in [0.25, 0.3) is 0 Å². The molecule has 0 heterocycles. The second-order valence-electron chi connectivity index (χ2n) is 4.64. The number of anilines is 1. The monoisotopic (exact) mass is 264 g/mol. The summed E-state index contributed by atoms with van der Waals surface area (Å²) in [4.78, 5) is 23.9. The maximum atomic E-state index is 11.6. The van der Waals surface area contributed by atoms with E-state index in [0.717, 1.165) is 31.5 Å². The Morgan fingerprint density at radius 3 is 2.58 bits per heavy atom. The third kappa shape index (κ3) is 4.05. The fourth-order valence-electron chi connectivity index (χ4n) is 1.97. The van der Waals surface area contributed by atoms with E-state index in [-0.39, 0.29) is 11.5 Å². The standard InChI is InChI=1S/C14H20N2O3/c1-4-5-6-9-15(3)14-8-7-12(16(18)19)10-13(14)11(2)17/h7-8,10H,4-6,9H2,1-3H3. The van der Waals surface area contributed by atoms with Gasteiger partial charge in [0, 0.05) is 37.0 Å². The van der Waals surface area contributed by atoms with Crippen molar-refractivity contribution in [2.75, 3.05) is 18.5 Å². The Bertz CT molecular complexity index is 472. The second kappa shape index (κ2) is 6.87. The van der Waals surface area contributed by atoms with Gasteiger partial charge in [0.05, 0.1) is 4.92 Å². The largest absolute Gasteiger partial charge is 0.374 e. The van der Waals surface area contributed by atoms with E-state index in [9.17, 15) is 14.9 Å². The number of hydrogen-bond acceptors (Lipinski definition) is 4. The molecule has 0 aliphatic rings. The maximum absolute atomic E-state index is 11.6. The van der Waals surface area contributed by atoms with Gasteiger partial charge in [-0.15, -0.1) is 0 Å². The number of non-ortho nitro benzene ring substituents is 1. The molecule has 0 aromatic heterocycles. The summed E-state index contributed by atoms with van der Waals surface area (Å²) < 4.78 is 0. The van der Waals surface area contributed by atoms with Crippen molar-refractivity contribution in [2.24, 2.45) is 0 Å². The Kier molecular flexibility index (Phi) is 5.48. The average molecular weight is 264 g/mol. The quantitative estimate of drug-likeness (QED) is 0.327. The van der Waals surface area contributed by atoms with Gasteiger partial charge in [-0.05, 0) is 19.4 Å². The van der Waals surface area contributed by atoms with Crippen LogP contribution in [0.3, 0.4) is 0 Å². The van der Waals surface area contributed by atoms with E-state index in [4.69, 9.17) is 0 Å². The van der Waals surface area contributed by atoms with E-state index in [2.05, 4.69) is 6.92 Å². The molecule has 0 unspecified atom stereocenters. The number of ketones is 1. The first-order valence-corrected chi connectivity index (χ1v) is 6.48. The molecule has 0 spiro atoms. The SMILES string of the molecule is CCCCCN(C)c1ccc([N+](=O)[O-])cc1C(C)=O. The average Bonchev–Trinajstić information content (AvgIpc) is 2.38. The van der Waals surface area contributed by atoms with Crippen molar-refractivity contribution in [3.05, 3.63) is 33.9 Å². The van der Waals surface area contributed by atoms with Crippen molar-refractivity contribution < 1.29 is 9.72 Å². The Morgan fingerprint density at radius 2 is 2.05 bits per heavy atom. The third-order valence-corrected chi connectivity index (χ3v) is 3.08. The highest BCUT2D eigenvalue weighted by molar-refractivity contribution is 6.00. The van der Waals surface area contributed by atoms with Gasteiger partial charge < -0.3 is 4.90 Å². The molecule has 5 heteroatoms. The normalized spacial score (nSPS) is 10.3. The molecule has 0 aliphatic carbocycles. The molecule has 0 N–H and O–H groups in total. The molecule has 0 bridgehead atoms. The zero-order valence-electron chi connectivity index (χ0n) is 11.7. The summed E-state index contributed by atoms with van der Waals surface area (Å²) in [5.74, 6) is -0.152. The summed E-state index contributed by atoms with van der Waals surface area (Å²) in [6.45, 7) is 4.40. The van der Waals surface area contributed by atoms with Crippen molar-refractivity contribution >= 4 is 17.2 Å². The zero-order chi connectivity index (χ0) is 14.4. The van der Waals surface area contributed by atoms with Gasteiger partial charge in [-0.3, -0.25) is 14.9 Å². The lowest BCUT2D eigenvalue weighted by Crippen LogP contribution is -2.20. The van der Waals surface area contributed by atoms with Gasteiger partial charge >= 0.3 is 0 Å². The molecule has 1 aromatic carbocycles. The van der Waals surface area contributed by atoms with Gasteiger partial charge in [0.1, 0.15) is 0 Å². The molecular formula is C14H20N2O3. The summed E-state index contributed by atoms with van der Waals surface area (Å²) in [6, 6.07) is 4.45. The van der Waals surface area contributed by atoms with Crippen molar-refractivity contribution in [1.29, 1.82) is 0 Å². The highest BCUT2D eigenvalue weighted by Gasteiger charge is 2.16. The molecule has 104 valence electrons. The smallest absolute Gasteiger partial charge is 0.270 e. The fourth-order valence-corrected chi connectivity index (χ4v) is 1.97. The highest BCUT2D eigenvalue weighted by atomic mass is 16.6. The number of hydrogen-bond donors (Lipinski definition) is 0. The van der Waals surface area contributed by atoms with Crippen LogP contribution in [-0.4, -0.2) is 24.3 Å². The number of rotatable bonds is 7. The second-order valence-corrected chi connectivity index (χ2v) is 4.64. The summed E-state index contributed by atoms with van der Waals surface area (Å²) in [5.41, 5.74) is 1.12. The molecule has 5 nitrogen and oxygen atoms in total. The molecule has 0 amide bonds. The van der Waals surface area contributed by atoms with E-state index in [1.54, 1.807) is 6.07 Å². The predicted octanol–water partition coefficient (Wildman–Crippen LogP) is 3.42. The number of carbonyl (C=O) groups excluding carboxylic acids is 1. The summed E-state index contributed by atoms with van der Waals surface area (Å²) >= 11 is 0. The van der Waals surface area contributed by atoms with Gasteiger partial charge in [0.15, 0.2) is 5.78 Å². The molecule has 1 aromatic rings. The van der Waals surface area contributed by atoms with Crippen molar-refractivity contribution in [3.63, 3.8) is 0 Å². The number of nitro benzene ring substituents is 1. The van der Waals surface area contributed by atoms with Gasteiger partial charge in [-0.2, -0.15) is 0 Å². The number of Topliss-reactive ketones (excluding diaryl/α,β-unsaturated/α-hetero) is 1. The van der Waals surface area contributed by atoms with E-state index < -0.39 is 4.92 Å². The highest BCUT2D eigenvalue weighted by Crippen LogP contribution is 2.25. The molecule has 1 rings (SSSR count). The van der Waals surface area contributed by atoms with Crippen LogP contribution >= 0.6 is 0 Å². The molecule has 0 fully saturated rings.